The maximum absolute atomic E-state index is 10.9. The van der Waals surface area contributed by atoms with Crippen molar-refractivity contribution in [1.82, 2.24) is 14.8 Å². The molecule has 0 aromatic carbocycles. The van der Waals surface area contributed by atoms with E-state index in [1.807, 2.05) is 19.1 Å². The van der Waals surface area contributed by atoms with Gasteiger partial charge >= 0.3 is 0 Å². The molecule has 2 aromatic heterocycles. The molecule has 0 aliphatic heterocycles. The van der Waals surface area contributed by atoms with Crippen LogP contribution in [0.2, 0.25) is 0 Å². The summed E-state index contributed by atoms with van der Waals surface area (Å²) in [5.41, 5.74) is 5.36. The van der Waals surface area contributed by atoms with E-state index in [4.69, 9.17) is 5.73 Å². The van der Waals surface area contributed by atoms with Crippen LogP contribution in [0.25, 0.3) is 5.82 Å². The molecule has 0 atom stereocenters. The minimum atomic E-state index is -0.549. The third-order valence-electron chi connectivity index (χ3n) is 2.17. The fourth-order valence-corrected chi connectivity index (χ4v) is 1.41. The number of hydrogen-bond donors (Lipinski definition) is 2. The average molecular weight is 231 g/mol. The molecular formula is C11H13N5O. The largest absolute Gasteiger partial charge is 0.370 e. The average Bonchev–Trinajstić information content (AvgIpc) is 2.79. The zero-order chi connectivity index (χ0) is 12.3. The Morgan fingerprint density at radius 1 is 1.47 bits per heavy atom. The third kappa shape index (κ3) is 2.41. The molecule has 1 amide bonds. The zero-order valence-electron chi connectivity index (χ0n) is 9.42. The first-order valence-electron chi connectivity index (χ1n) is 5.27. The Kier molecular flexibility index (Phi) is 3.04. The maximum Gasteiger partial charge on any atom is 0.269 e. The molecule has 0 saturated heterocycles. The molecule has 0 aliphatic carbocycles. The summed E-state index contributed by atoms with van der Waals surface area (Å²) in [7, 11) is 0. The van der Waals surface area contributed by atoms with E-state index in [1.54, 1.807) is 18.3 Å². The summed E-state index contributed by atoms with van der Waals surface area (Å²) in [6.45, 7) is 2.79. The van der Waals surface area contributed by atoms with Gasteiger partial charge in [-0.25, -0.2) is 9.67 Å². The minimum absolute atomic E-state index is 0.223. The molecule has 0 radical (unpaired) electrons. The number of rotatable bonds is 4. The number of primary amides is 1. The van der Waals surface area contributed by atoms with Crippen molar-refractivity contribution in [3.8, 4) is 5.82 Å². The highest BCUT2D eigenvalue weighted by Crippen LogP contribution is 2.09. The van der Waals surface area contributed by atoms with E-state index in [1.165, 1.54) is 4.68 Å². The van der Waals surface area contributed by atoms with Crippen LogP contribution in [0.15, 0.2) is 30.5 Å². The summed E-state index contributed by atoms with van der Waals surface area (Å²) >= 11 is 0. The number of pyridine rings is 1. The SMILES string of the molecule is CCNc1cccc(-n2ccc(C(N)=O)n2)n1. The monoisotopic (exact) mass is 231 g/mol. The van der Waals surface area contributed by atoms with Crippen LogP contribution in [0.1, 0.15) is 17.4 Å². The van der Waals surface area contributed by atoms with Crippen molar-refractivity contribution in [3.05, 3.63) is 36.2 Å². The molecule has 2 aromatic rings. The summed E-state index contributed by atoms with van der Waals surface area (Å²) in [6.07, 6.45) is 1.65. The number of hydrogen-bond acceptors (Lipinski definition) is 4. The number of nitrogens with one attached hydrogen (secondary N) is 1. The Morgan fingerprint density at radius 2 is 2.29 bits per heavy atom. The number of carbonyl (C=O) groups excluding carboxylic acids is 1. The summed E-state index contributed by atoms with van der Waals surface area (Å²) in [5, 5.41) is 7.14. The van der Waals surface area contributed by atoms with Crippen LogP contribution in [0.4, 0.5) is 5.82 Å². The lowest BCUT2D eigenvalue weighted by Crippen LogP contribution is -2.12. The van der Waals surface area contributed by atoms with Crippen LogP contribution < -0.4 is 11.1 Å². The molecule has 88 valence electrons. The number of anilines is 1. The van der Waals surface area contributed by atoms with Crippen molar-refractivity contribution < 1.29 is 4.79 Å². The van der Waals surface area contributed by atoms with Gasteiger partial charge in [0.05, 0.1) is 0 Å². The van der Waals surface area contributed by atoms with Crippen LogP contribution >= 0.6 is 0 Å². The quantitative estimate of drug-likeness (QED) is 0.814. The summed E-state index contributed by atoms with van der Waals surface area (Å²) in [5.74, 6) is 0.851. The summed E-state index contributed by atoms with van der Waals surface area (Å²) < 4.78 is 1.51. The van der Waals surface area contributed by atoms with Gasteiger partial charge in [-0.3, -0.25) is 4.79 Å². The fourth-order valence-electron chi connectivity index (χ4n) is 1.41. The molecular weight excluding hydrogens is 218 g/mol. The van der Waals surface area contributed by atoms with Crippen LogP contribution in [0.5, 0.6) is 0 Å². The number of nitrogens with zero attached hydrogens (tertiary/aromatic N) is 3. The van der Waals surface area contributed by atoms with Crippen molar-refractivity contribution in [3.63, 3.8) is 0 Å². The lowest BCUT2D eigenvalue weighted by molar-refractivity contribution is 0.0995. The Hall–Kier alpha value is -2.37. The lowest BCUT2D eigenvalue weighted by atomic mass is 10.4. The second-order valence-corrected chi connectivity index (χ2v) is 3.42. The zero-order valence-corrected chi connectivity index (χ0v) is 9.42. The molecule has 17 heavy (non-hydrogen) atoms. The first-order chi connectivity index (χ1) is 8.20. The predicted molar refractivity (Wildman–Crippen MR) is 64.0 cm³/mol. The van der Waals surface area contributed by atoms with Gasteiger partial charge in [0.25, 0.3) is 5.91 Å². The van der Waals surface area contributed by atoms with Gasteiger partial charge in [0.2, 0.25) is 0 Å². The van der Waals surface area contributed by atoms with Gasteiger partial charge in [-0.2, -0.15) is 5.10 Å². The molecule has 6 nitrogen and oxygen atoms in total. The van der Waals surface area contributed by atoms with E-state index in [2.05, 4.69) is 15.4 Å². The van der Waals surface area contributed by atoms with Gasteiger partial charge in [0.1, 0.15) is 11.5 Å². The molecule has 0 bridgehead atoms. The Labute approximate surface area is 98.5 Å². The van der Waals surface area contributed by atoms with Gasteiger partial charge in [-0.05, 0) is 25.1 Å². The number of carbonyl (C=O) groups is 1. The van der Waals surface area contributed by atoms with Gasteiger partial charge in [0, 0.05) is 12.7 Å². The van der Waals surface area contributed by atoms with E-state index < -0.39 is 5.91 Å². The van der Waals surface area contributed by atoms with Gasteiger partial charge in [-0.15, -0.1) is 0 Å². The normalized spacial score (nSPS) is 10.2. The topological polar surface area (TPSA) is 85.8 Å². The minimum Gasteiger partial charge on any atom is -0.370 e. The van der Waals surface area contributed by atoms with Crippen LogP contribution in [0.3, 0.4) is 0 Å². The number of amides is 1. The first-order valence-corrected chi connectivity index (χ1v) is 5.27. The van der Waals surface area contributed by atoms with Crippen molar-refractivity contribution >= 4 is 11.7 Å². The van der Waals surface area contributed by atoms with Gasteiger partial charge in [0.15, 0.2) is 5.82 Å². The van der Waals surface area contributed by atoms with E-state index in [-0.39, 0.29) is 5.69 Å². The van der Waals surface area contributed by atoms with E-state index in [9.17, 15) is 4.79 Å². The first kappa shape index (κ1) is 11.1. The molecule has 0 aliphatic rings. The smallest absolute Gasteiger partial charge is 0.269 e. The summed E-state index contributed by atoms with van der Waals surface area (Å²) in [6, 6.07) is 7.10. The van der Waals surface area contributed by atoms with Crippen molar-refractivity contribution in [1.29, 1.82) is 0 Å². The van der Waals surface area contributed by atoms with Crippen molar-refractivity contribution in [2.75, 3.05) is 11.9 Å². The van der Waals surface area contributed by atoms with Crippen LogP contribution in [0, 0.1) is 0 Å². The maximum atomic E-state index is 10.9. The van der Waals surface area contributed by atoms with Gasteiger partial charge in [-0.1, -0.05) is 6.07 Å². The molecule has 2 rings (SSSR count). The fraction of sp³-hybridized carbons (Fsp3) is 0.182. The Bertz CT molecular complexity index is 534. The second kappa shape index (κ2) is 4.65. The molecule has 0 fully saturated rings. The van der Waals surface area contributed by atoms with Crippen molar-refractivity contribution in [2.45, 2.75) is 6.92 Å². The van der Waals surface area contributed by atoms with E-state index >= 15 is 0 Å². The Balaban J connectivity index is 2.31. The standard InChI is InChI=1S/C11H13N5O/c1-2-13-9-4-3-5-10(14-9)16-7-6-8(15-16)11(12)17/h3-7H,2H2,1H3,(H2,12,17)(H,13,14). The molecule has 0 saturated carbocycles. The molecule has 0 unspecified atom stereocenters. The van der Waals surface area contributed by atoms with Crippen LogP contribution in [-0.4, -0.2) is 27.2 Å². The summed E-state index contributed by atoms with van der Waals surface area (Å²) in [4.78, 5) is 15.3. The van der Waals surface area contributed by atoms with E-state index in [0.29, 0.717) is 5.82 Å². The Morgan fingerprint density at radius 3 is 2.94 bits per heavy atom. The molecule has 6 heteroatoms. The van der Waals surface area contributed by atoms with Gasteiger partial charge < -0.3 is 11.1 Å². The molecule has 0 spiro atoms. The third-order valence-corrected chi connectivity index (χ3v) is 2.17. The number of aromatic nitrogens is 3. The highest BCUT2D eigenvalue weighted by atomic mass is 16.1. The lowest BCUT2D eigenvalue weighted by Gasteiger charge is -2.04. The number of nitrogens with two attached hydrogens (primary N) is 1. The highest BCUT2D eigenvalue weighted by Gasteiger charge is 2.06. The van der Waals surface area contributed by atoms with Crippen LogP contribution in [-0.2, 0) is 0 Å². The van der Waals surface area contributed by atoms with Crippen molar-refractivity contribution in [2.24, 2.45) is 5.73 Å². The highest BCUT2D eigenvalue weighted by molar-refractivity contribution is 5.90. The second-order valence-electron chi connectivity index (χ2n) is 3.42. The van der Waals surface area contributed by atoms with E-state index in [0.717, 1.165) is 12.4 Å². The predicted octanol–water partition coefficient (Wildman–Crippen LogP) is 0.798. The molecule has 2 heterocycles. The molecule has 3 N–H and O–H groups in total.